The van der Waals surface area contributed by atoms with Crippen LogP contribution in [0, 0.1) is 0 Å². The molecule has 0 bridgehead atoms. The lowest BCUT2D eigenvalue weighted by Gasteiger charge is -2.16. The summed E-state index contributed by atoms with van der Waals surface area (Å²) in [7, 11) is -5.42. The summed E-state index contributed by atoms with van der Waals surface area (Å²) in [4.78, 5) is 18.0. The van der Waals surface area contributed by atoms with Gasteiger partial charge in [-0.3, -0.25) is 4.79 Å². The summed E-state index contributed by atoms with van der Waals surface area (Å²) in [6, 6.07) is 10.6. The molecule has 12 heteroatoms. The van der Waals surface area contributed by atoms with E-state index in [2.05, 4.69) is 4.99 Å². The molecule has 0 spiro atoms. The number of hydrogen-bond donors (Lipinski definition) is 0. The van der Waals surface area contributed by atoms with Crippen molar-refractivity contribution >= 4 is 47.3 Å². The van der Waals surface area contributed by atoms with E-state index in [1.54, 1.807) is 19.2 Å². The van der Waals surface area contributed by atoms with Crippen LogP contribution in [0.3, 0.4) is 0 Å². The molecule has 0 unspecified atom stereocenters. The quantitative estimate of drug-likeness (QED) is 0.388. The molecule has 1 aliphatic carbocycles. The van der Waals surface area contributed by atoms with Gasteiger partial charge >= 0.3 is 0 Å². The van der Waals surface area contributed by atoms with Crippen molar-refractivity contribution in [3.05, 3.63) is 52.8 Å². The SMILES string of the molecule is CCOCCn1c(=NC(=O)c2ccc(S(=O)(=O)N(C)C3CC3)cc2)sc2cc(S(C)(=O)=O)ccc21. The highest BCUT2D eigenvalue weighted by molar-refractivity contribution is 7.90. The lowest BCUT2D eigenvalue weighted by Crippen LogP contribution is -2.28. The number of nitrogens with zero attached hydrogens (tertiary/aromatic N) is 3. The van der Waals surface area contributed by atoms with E-state index in [4.69, 9.17) is 4.74 Å². The molecule has 1 heterocycles. The molecule has 188 valence electrons. The molecule has 0 atom stereocenters. The number of amides is 1. The smallest absolute Gasteiger partial charge is 0.279 e. The summed E-state index contributed by atoms with van der Waals surface area (Å²) in [5, 5.41) is 0. The van der Waals surface area contributed by atoms with E-state index in [9.17, 15) is 21.6 Å². The molecule has 35 heavy (non-hydrogen) atoms. The minimum atomic E-state index is -3.60. The summed E-state index contributed by atoms with van der Waals surface area (Å²) in [6.07, 6.45) is 2.86. The highest BCUT2D eigenvalue weighted by Gasteiger charge is 2.35. The molecular formula is C23H27N3O6S3. The van der Waals surface area contributed by atoms with Gasteiger partial charge in [-0.2, -0.15) is 9.30 Å². The van der Waals surface area contributed by atoms with Crippen molar-refractivity contribution in [2.24, 2.45) is 4.99 Å². The Hall–Kier alpha value is -2.38. The van der Waals surface area contributed by atoms with Crippen molar-refractivity contribution in [2.75, 3.05) is 26.5 Å². The van der Waals surface area contributed by atoms with Crippen molar-refractivity contribution in [3.8, 4) is 0 Å². The van der Waals surface area contributed by atoms with Crippen molar-refractivity contribution in [3.63, 3.8) is 0 Å². The van der Waals surface area contributed by atoms with Crippen LogP contribution in [-0.4, -0.2) is 64.2 Å². The van der Waals surface area contributed by atoms with Gasteiger partial charge in [-0.25, -0.2) is 16.8 Å². The second kappa shape index (κ2) is 9.94. The molecule has 1 aliphatic rings. The Morgan fingerprint density at radius 1 is 1.11 bits per heavy atom. The second-order valence-electron chi connectivity index (χ2n) is 8.33. The summed E-state index contributed by atoms with van der Waals surface area (Å²) >= 11 is 1.21. The van der Waals surface area contributed by atoms with Crippen LogP contribution in [0.4, 0.5) is 0 Å². The highest BCUT2D eigenvalue weighted by atomic mass is 32.2. The molecule has 1 aromatic heterocycles. The van der Waals surface area contributed by atoms with E-state index >= 15 is 0 Å². The standard InChI is InChI=1S/C23H27N3O6S3/c1-4-32-14-13-26-20-12-11-19(34(3,28)29)15-21(20)33-23(26)24-22(27)16-5-9-18(10-6-16)35(30,31)25(2)17-7-8-17/h5-6,9-12,15,17H,4,7-8,13-14H2,1-3H3. The number of carbonyl (C=O) groups is 1. The maximum absolute atomic E-state index is 13.0. The van der Waals surface area contributed by atoms with E-state index in [1.165, 1.54) is 46.0 Å². The first-order valence-corrected chi connectivity index (χ1v) is 15.3. The number of ether oxygens (including phenoxy) is 1. The van der Waals surface area contributed by atoms with E-state index in [0.717, 1.165) is 24.6 Å². The van der Waals surface area contributed by atoms with Crippen LogP contribution in [0.15, 0.2) is 57.2 Å². The summed E-state index contributed by atoms with van der Waals surface area (Å²) in [5.74, 6) is -0.524. The Balaban J connectivity index is 1.69. The number of carbonyl (C=O) groups excluding carboxylic acids is 1. The fourth-order valence-corrected chi connectivity index (χ4v) is 6.84. The monoisotopic (exact) mass is 537 g/mol. The molecule has 0 saturated heterocycles. The van der Waals surface area contributed by atoms with E-state index in [1.807, 2.05) is 11.5 Å². The van der Waals surface area contributed by atoms with Gasteiger partial charge in [-0.1, -0.05) is 11.3 Å². The Morgan fingerprint density at radius 2 is 1.77 bits per heavy atom. The van der Waals surface area contributed by atoms with Gasteiger partial charge in [-0.15, -0.1) is 0 Å². The Morgan fingerprint density at radius 3 is 2.37 bits per heavy atom. The van der Waals surface area contributed by atoms with Crippen LogP contribution >= 0.6 is 11.3 Å². The minimum Gasteiger partial charge on any atom is -0.380 e. The van der Waals surface area contributed by atoms with Crippen LogP contribution in [-0.2, 0) is 31.1 Å². The maximum atomic E-state index is 13.0. The van der Waals surface area contributed by atoms with Crippen LogP contribution in [0.1, 0.15) is 30.1 Å². The van der Waals surface area contributed by atoms with E-state index in [0.29, 0.717) is 29.3 Å². The molecular weight excluding hydrogens is 510 g/mol. The fraction of sp³-hybridized carbons (Fsp3) is 0.391. The van der Waals surface area contributed by atoms with Crippen molar-refractivity contribution in [1.82, 2.24) is 8.87 Å². The minimum absolute atomic E-state index is 0.0413. The molecule has 1 amide bonds. The van der Waals surface area contributed by atoms with E-state index < -0.39 is 25.8 Å². The third kappa shape index (κ3) is 5.56. The number of rotatable bonds is 9. The first-order chi connectivity index (χ1) is 16.5. The van der Waals surface area contributed by atoms with Gasteiger partial charge in [0.15, 0.2) is 14.6 Å². The van der Waals surface area contributed by atoms with Gasteiger partial charge < -0.3 is 9.30 Å². The number of sulfonamides is 1. The molecule has 9 nitrogen and oxygen atoms in total. The zero-order chi connectivity index (χ0) is 25.4. The third-order valence-electron chi connectivity index (χ3n) is 5.78. The molecule has 4 rings (SSSR count). The van der Waals surface area contributed by atoms with Gasteiger partial charge in [-0.05, 0) is 62.2 Å². The van der Waals surface area contributed by atoms with Crippen LogP contribution < -0.4 is 4.80 Å². The predicted octanol–water partition coefficient (Wildman–Crippen LogP) is 2.67. The Bertz CT molecular complexity index is 1530. The average molecular weight is 538 g/mol. The summed E-state index contributed by atoms with van der Waals surface area (Å²) in [6.45, 7) is 3.26. The summed E-state index contributed by atoms with van der Waals surface area (Å²) in [5.41, 5.74) is 1.00. The second-order valence-corrected chi connectivity index (χ2v) is 13.4. The average Bonchev–Trinajstić information content (AvgIpc) is 3.61. The Kier molecular flexibility index (Phi) is 7.30. The van der Waals surface area contributed by atoms with Crippen molar-refractivity contribution < 1.29 is 26.4 Å². The highest BCUT2D eigenvalue weighted by Crippen LogP contribution is 2.30. The topological polar surface area (TPSA) is 115 Å². The molecule has 0 aliphatic heterocycles. The van der Waals surface area contributed by atoms with Gasteiger partial charge in [0, 0.05) is 38.1 Å². The van der Waals surface area contributed by atoms with Gasteiger partial charge in [0.1, 0.15) is 0 Å². The van der Waals surface area contributed by atoms with Crippen LogP contribution in [0.2, 0.25) is 0 Å². The molecule has 0 radical (unpaired) electrons. The maximum Gasteiger partial charge on any atom is 0.279 e. The van der Waals surface area contributed by atoms with Crippen LogP contribution in [0.25, 0.3) is 10.2 Å². The van der Waals surface area contributed by atoms with Crippen molar-refractivity contribution in [2.45, 2.75) is 42.1 Å². The number of hydrogen-bond acceptors (Lipinski definition) is 7. The number of fused-ring (bicyclic) bond motifs is 1. The predicted molar refractivity (Wildman–Crippen MR) is 134 cm³/mol. The van der Waals surface area contributed by atoms with Crippen LogP contribution in [0.5, 0.6) is 0 Å². The number of sulfone groups is 1. The van der Waals surface area contributed by atoms with Gasteiger partial charge in [0.25, 0.3) is 5.91 Å². The molecule has 1 saturated carbocycles. The van der Waals surface area contributed by atoms with Gasteiger partial charge in [0.05, 0.1) is 26.6 Å². The first-order valence-electron chi connectivity index (χ1n) is 11.1. The largest absolute Gasteiger partial charge is 0.380 e. The summed E-state index contributed by atoms with van der Waals surface area (Å²) < 4.78 is 58.7. The number of aromatic nitrogens is 1. The molecule has 0 N–H and O–H groups in total. The number of thiazole rings is 1. The van der Waals surface area contributed by atoms with Gasteiger partial charge in [0.2, 0.25) is 10.0 Å². The zero-order valence-corrected chi connectivity index (χ0v) is 22.1. The lowest BCUT2D eigenvalue weighted by molar-refractivity contribution is 0.0996. The Labute approximate surface area is 208 Å². The van der Waals surface area contributed by atoms with Crippen molar-refractivity contribution in [1.29, 1.82) is 0 Å². The molecule has 2 aromatic carbocycles. The normalized spacial score (nSPS) is 15.3. The molecule has 1 fully saturated rings. The van der Waals surface area contributed by atoms with E-state index in [-0.39, 0.29) is 21.4 Å². The first kappa shape index (κ1) is 25.7. The fourth-order valence-electron chi connectivity index (χ4n) is 3.61. The zero-order valence-electron chi connectivity index (χ0n) is 19.7. The third-order valence-corrected chi connectivity index (χ3v) is 9.86. The molecule has 3 aromatic rings. The lowest BCUT2D eigenvalue weighted by atomic mass is 10.2. The number of benzene rings is 2.